The number of anilines is 1. The van der Waals surface area contributed by atoms with Crippen molar-refractivity contribution in [1.29, 1.82) is 0 Å². The van der Waals surface area contributed by atoms with Crippen LogP contribution in [0.1, 0.15) is 19.3 Å². The van der Waals surface area contributed by atoms with Gasteiger partial charge in [0.1, 0.15) is 0 Å². The van der Waals surface area contributed by atoms with Crippen molar-refractivity contribution < 1.29 is 9.84 Å². The first-order chi connectivity index (χ1) is 9.27. The summed E-state index contributed by atoms with van der Waals surface area (Å²) in [6.07, 6.45) is 6.14. The predicted octanol–water partition coefficient (Wildman–Crippen LogP) is 2.10. The first kappa shape index (κ1) is 13.2. The fraction of sp³-hybridized carbons (Fsp3) is 0.643. The normalized spacial score (nSPS) is 31.7. The SMILES string of the molecule is O[C@@H]1CCOC[C@H]1[C@H]1CCCN1c1ccncc1Cl. The van der Waals surface area contributed by atoms with Crippen LogP contribution in [0.15, 0.2) is 18.5 Å². The Labute approximate surface area is 118 Å². The first-order valence-corrected chi connectivity index (χ1v) is 7.27. The van der Waals surface area contributed by atoms with Crippen molar-refractivity contribution in [1.82, 2.24) is 4.98 Å². The summed E-state index contributed by atoms with van der Waals surface area (Å²) in [6.45, 7) is 2.29. The first-order valence-electron chi connectivity index (χ1n) is 6.89. The zero-order chi connectivity index (χ0) is 13.2. The molecule has 1 aromatic heterocycles. The van der Waals surface area contributed by atoms with E-state index in [2.05, 4.69) is 9.88 Å². The minimum Gasteiger partial charge on any atom is -0.393 e. The van der Waals surface area contributed by atoms with Crippen LogP contribution in [0.4, 0.5) is 5.69 Å². The molecule has 0 aliphatic carbocycles. The Balaban J connectivity index is 1.83. The van der Waals surface area contributed by atoms with Crippen molar-refractivity contribution in [3.63, 3.8) is 0 Å². The van der Waals surface area contributed by atoms with Crippen molar-refractivity contribution in [3.05, 3.63) is 23.5 Å². The van der Waals surface area contributed by atoms with E-state index < -0.39 is 0 Å². The highest BCUT2D eigenvalue weighted by Crippen LogP contribution is 2.36. The van der Waals surface area contributed by atoms with Crippen LogP contribution in [-0.4, -0.2) is 42.0 Å². The summed E-state index contributed by atoms with van der Waals surface area (Å²) in [4.78, 5) is 6.35. The molecule has 0 radical (unpaired) electrons. The van der Waals surface area contributed by atoms with Crippen LogP contribution in [0, 0.1) is 5.92 Å². The van der Waals surface area contributed by atoms with Crippen molar-refractivity contribution in [2.24, 2.45) is 5.92 Å². The predicted molar refractivity (Wildman–Crippen MR) is 74.5 cm³/mol. The quantitative estimate of drug-likeness (QED) is 0.902. The molecule has 5 heteroatoms. The van der Waals surface area contributed by atoms with E-state index in [9.17, 15) is 5.11 Å². The van der Waals surface area contributed by atoms with Gasteiger partial charge in [0, 0.05) is 37.5 Å². The number of aromatic nitrogens is 1. The average molecular weight is 283 g/mol. The molecule has 104 valence electrons. The fourth-order valence-corrected chi connectivity index (χ4v) is 3.48. The molecule has 2 fully saturated rings. The highest BCUT2D eigenvalue weighted by Gasteiger charge is 2.38. The smallest absolute Gasteiger partial charge is 0.0822 e. The van der Waals surface area contributed by atoms with Gasteiger partial charge in [-0.2, -0.15) is 0 Å². The molecule has 2 saturated heterocycles. The number of aliphatic hydroxyl groups is 1. The Bertz CT molecular complexity index is 443. The van der Waals surface area contributed by atoms with Crippen LogP contribution in [0.2, 0.25) is 5.02 Å². The maximum atomic E-state index is 10.2. The Morgan fingerprint density at radius 1 is 1.42 bits per heavy atom. The van der Waals surface area contributed by atoms with Gasteiger partial charge in [-0.1, -0.05) is 11.6 Å². The van der Waals surface area contributed by atoms with E-state index >= 15 is 0 Å². The summed E-state index contributed by atoms with van der Waals surface area (Å²) in [5.74, 6) is 0.181. The van der Waals surface area contributed by atoms with Gasteiger partial charge >= 0.3 is 0 Å². The van der Waals surface area contributed by atoms with E-state index in [4.69, 9.17) is 16.3 Å². The Morgan fingerprint density at radius 3 is 3.11 bits per heavy atom. The maximum absolute atomic E-state index is 10.2. The number of nitrogens with zero attached hydrogens (tertiary/aromatic N) is 2. The highest BCUT2D eigenvalue weighted by molar-refractivity contribution is 6.33. The third-order valence-corrected chi connectivity index (χ3v) is 4.51. The zero-order valence-electron chi connectivity index (χ0n) is 10.8. The molecule has 1 N–H and O–H groups in total. The van der Waals surface area contributed by atoms with Crippen LogP contribution in [0.5, 0.6) is 0 Å². The van der Waals surface area contributed by atoms with Crippen LogP contribution >= 0.6 is 11.6 Å². The second-order valence-electron chi connectivity index (χ2n) is 5.32. The third kappa shape index (κ3) is 2.57. The number of ether oxygens (including phenoxy) is 1. The van der Waals surface area contributed by atoms with E-state index in [0.29, 0.717) is 24.3 Å². The Morgan fingerprint density at radius 2 is 2.32 bits per heavy atom. The molecule has 4 nitrogen and oxygen atoms in total. The van der Waals surface area contributed by atoms with Crippen LogP contribution in [0.25, 0.3) is 0 Å². The van der Waals surface area contributed by atoms with Crippen molar-refractivity contribution >= 4 is 17.3 Å². The number of hydrogen-bond donors (Lipinski definition) is 1. The molecule has 0 spiro atoms. The monoisotopic (exact) mass is 282 g/mol. The van der Waals surface area contributed by atoms with Gasteiger partial charge in [-0.3, -0.25) is 4.98 Å². The van der Waals surface area contributed by atoms with Gasteiger partial charge in [-0.25, -0.2) is 0 Å². The molecule has 0 amide bonds. The van der Waals surface area contributed by atoms with Gasteiger partial charge < -0.3 is 14.7 Å². The molecular weight excluding hydrogens is 264 g/mol. The molecule has 0 aromatic carbocycles. The number of rotatable bonds is 2. The third-order valence-electron chi connectivity index (χ3n) is 4.22. The molecule has 0 bridgehead atoms. The van der Waals surface area contributed by atoms with Gasteiger partial charge in [0.15, 0.2) is 0 Å². The summed E-state index contributed by atoms with van der Waals surface area (Å²) >= 11 is 6.25. The van der Waals surface area contributed by atoms with E-state index in [1.807, 2.05) is 6.07 Å². The van der Waals surface area contributed by atoms with E-state index in [0.717, 1.165) is 31.5 Å². The van der Waals surface area contributed by atoms with Crippen molar-refractivity contribution in [2.75, 3.05) is 24.7 Å². The van der Waals surface area contributed by atoms with Crippen molar-refractivity contribution in [3.8, 4) is 0 Å². The fourth-order valence-electron chi connectivity index (χ4n) is 3.25. The van der Waals surface area contributed by atoms with Crippen LogP contribution in [-0.2, 0) is 4.74 Å². The topological polar surface area (TPSA) is 45.6 Å². The molecule has 1 aromatic rings. The average Bonchev–Trinajstić information content (AvgIpc) is 2.89. The molecule has 19 heavy (non-hydrogen) atoms. The maximum Gasteiger partial charge on any atom is 0.0822 e. The second kappa shape index (κ2) is 5.65. The minimum absolute atomic E-state index is 0.181. The van der Waals surface area contributed by atoms with E-state index in [1.54, 1.807) is 12.4 Å². The lowest BCUT2D eigenvalue weighted by atomic mass is 9.89. The summed E-state index contributed by atoms with van der Waals surface area (Å²) in [6, 6.07) is 2.27. The molecule has 3 heterocycles. The van der Waals surface area contributed by atoms with E-state index in [1.165, 1.54) is 0 Å². The molecule has 3 atom stereocenters. The molecular formula is C14H19ClN2O2. The lowest BCUT2D eigenvalue weighted by Gasteiger charge is -2.38. The van der Waals surface area contributed by atoms with E-state index in [-0.39, 0.29) is 12.0 Å². The van der Waals surface area contributed by atoms with Gasteiger partial charge in [0.2, 0.25) is 0 Å². The summed E-state index contributed by atoms with van der Waals surface area (Å²) in [5.41, 5.74) is 1.02. The van der Waals surface area contributed by atoms with Crippen LogP contribution in [0.3, 0.4) is 0 Å². The lowest BCUT2D eigenvalue weighted by molar-refractivity contribution is -0.0437. The molecule has 3 rings (SSSR count). The van der Waals surface area contributed by atoms with Crippen LogP contribution < -0.4 is 4.90 Å². The molecule has 2 aliphatic rings. The standard InChI is InChI=1S/C14H19ClN2O2/c15-11-8-16-5-3-13(11)17-6-1-2-12(17)10-9-19-7-4-14(10)18/h3,5,8,10,12,14,18H,1-2,4,6-7,9H2/t10-,12+,14+/m0/s1. The molecule has 2 aliphatic heterocycles. The second-order valence-corrected chi connectivity index (χ2v) is 5.73. The number of halogens is 1. The van der Waals surface area contributed by atoms with Gasteiger partial charge in [-0.15, -0.1) is 0 Å². The summed E-state index contributed by atoms with van der Waals surface area (Å²) in [5, 5.41) is 10.9. The highest BCUT2D eigenvalue weighted by atomic mass is 35.5. The minimum atomic E-state index is -0.264. The zero-order valence-corrected chi connectivity index (χ0v) is 11.6. The van der Waals surface area contributed by atoms with Gasteiger partial charge in [0.25, 0.3) is 0 Å². The lowest BCUT2D eigenvalue weighted by Crippen LogP contribution is -2.46. The summed E-state index contributed by atoms with van der Waals surface area (Å²) in [7, 11) is 0. The van der Waals surface area contributed by atoms with Crippen molar-refractivity contribution in [2.45, 2.75) is 31.4 Å². The number of aliphatic hydroxyl groups excluding tert-OH is 1. The van der Waals surface area contributed by atoms with Gasteiger partial charge in [-0.05, 0) is 25.3 Å². The number of hydrogen-bond acceptors (Lipinski definition) is 4. The largest absolute Gasteiger partial charge is 0.393 e. The Hall–Kier alpha value is -0.840. The number of pyridine rings is 1. The Kier molecular flexibility index (Phi) is 3.91. The van der Waals surface area contributed by atoms with Gasteiger partial charge in [0.05, 0.1) is 23.4 Å². The molecule has 0 unspecified atom stereocenters. The summed E-state index contributed by atoms with van der Waals surface area (Å²) < 4.78 is 5.55. The molecule has 0 saturated carbocycles.